The van der Waals surface area contributed by atoms with Crippen LogP contribution in [0.15, 0.2) is 47.4 Å². The molecule has 2 aliphatic rings. The lowest BCUT2D eigenvalue weighted by Gasteiger charge is -2.21. The zero-order valence-electron chi connectivity index (χ0n) is 15.7. The van der Waals surface area contributed by atoms with Crippen molar-refractivity contribution in [3.8, 4) is 11.4 Å². The van der Waals surface area contributed by atoms with E-state index >= 15 is 0 Å². The zero-order chi connectivity index (χ0) is 20.5. The number of carbonyl (C=O) groups excluding carboxylic acids is 3. The van der Waals surface area contributed by atoms with Crippen LogP contribution in [-0.4, -0.2) is 65.1 Å². The molecule has 3 amide bonds. The van der Waals surface area contributed by atoms with Gasteiger partial charge >= 0.3 is 6.09 Å². The number of para-hydroxylation sites is 1. The fourth-order valence-electron chi connectivity index (χ4n) is 3.66. The van der Waals surface area contributed by atoms with Gasteiger partial charge in [-0.25, -0.2) is 9.69 Å². The lowest BCUT2D eigenvalue weighted by Crippen LogP contribution is -2.42. The van der Waals surface area contributed by atoms with E-state index in [2.05, 4.69) is 0 Å². The lowest BCUT2D eigenvalue weighted by molar-refractivity contribution is -0.127. The Morgan fingerprint density at radius 3 is 2.59 bits per heavy atom. The third kappa shape index (κ3) is 3.35. The summed E-state index contributed by atoms with van der Waals surface area (Å²) in [4.78, 5) is 51.9. The van der Waals surface area contributed by atoms with Crippen molar-refractivity contribution in [3.63, 3.8) is 0 Å². The molecular formula is C20H19N3O6. The molecule has 4 rings (SSSR count). The number of likely N-dealkylation sites (tertiary alicyclic amines) is 1. The van der Waals surface area contributed by atoms with Gasteiger partial charge in [-0.2, -0.15) is 0 Å². The summed E-state index contributed by atoms with van der Waals surface area (Å²) in [7, 11) is 1.39. The van der Waals surface area contributed by atoms with Crippen LogP contribution in [0.4, 0.5) is 4.79 Å². The van der Waals surface area contributed by atoms with Gasteiger partial charge in [0.1, 0.15) is 5.75 Å². The molecule has 2 aromatic rings. The number of hydrogen-bond donors (Lipinski definition) is 0. The maximum Gasteiger partial charge on any atom is 0.417 e. The van der Waals surface area contributed by atoms with Crippen LogP contribution in [-0.2, 0) is 9.53 Å². The molecule has 0 bridgehead atoms. The summed E-state index contributed by atoms with van der Waals surface area (Å²) < 4.78 is 11.4. The average Bonchev–Trinajstić information content (AvgIpc) is 3.34. The first kappa shape index (κ1) is 18.7. The number of methoxy groups -OCH3 is 1. The first-order chi connectivity index (χ1) is 14.0. The van der Waals surface area contributed by atoms with Crippen LogP contribution in [0.2, 0.25) is 0 Å². The highest BCUT2D eigenvalue weighted by atomic mass is 16.6. The maximum absolute atomic E-state index is 13.2. The quantitative estimate of drug-likeness (QED) is 0.765. The summed E-state index contributed by atoms with van der Waals surface area (Å²) in [5.41, 5.74) is 0.528. The number of amides is 3. The minimum Gasteiger partial charge on any atom is -0.496 e. The Kier molecular flexibility index (Phi) is 4.79. The SMILES string of the molecule is COc1cc(=O)n(-c2ccccc2)cc1C(=O)N1CCC(N2C(=O)COC2=O)C1. The second-order valence-electron chi connectivity index (χ2n) is 6.81. The number of aromatic nitrogens is 1. The highest BCUT2D eigenvalue weighted by molar-refractivity contribution is 5.99. The van der Waals surface area contributed by atoms with E-state index in [1.807, 2.05) is 6.07 Å². The lowest BCUT2D eigenvalue weighted by atomic mass is 10.2. The van der Waals surface area contributed by atoms with Gasteiger partial charge in [0, 0.05) is 31.0 Å². The molecule has 2 fully saturated rings. The average molecular weight is 397 g/mol. The predicted molar refractivity (Wildman–Crippen MR) is 101 cm³/mol. The number of rotatable bonds is 4. The van der Waals surface area contributed by atoms with E-state index in [-0.39, 0.29) is 35.9 Å². The van der Waals surface area contributed by atoms with Crippen molar-refractivity contribution < 1.29 is 23.9 Å². The number of benzene rings is 1. The number of pyridine rings is 1. The first-order valence-corrected chi connectivity index (χ1v) is 9.14. The van der Waals surface area contributed by atoms with E-state index in [4.69, 9.17) is 9.47 Å². The van der Waals surface area contributed by atoms with Crippen LogP contribution in [0.25, 0.3) is 5.69 Å². The molecular weight excluding hydrogens is 378 g/mol. The van der Waals surface area contributed by atoms with Gasteiger partial charge in [0.15, 0.2) is 6.61 Å². The van der Waals surface area contributed by atoms with Gasteiger partial charge in [-0.3, -0.25) is 19.0 Å². The van der Waals surface area contributed by atoms with E-state index in [1.54, 1.807) is 29.2 Å². The van der Waals surface area contributed by atoms with Crippen molar-refractivity contribution in [2.75, 3.05) is 26.8 Å². The van der Waals surface area contributed by atoms with E-state index in [9.17, 15) is 19.2 Å². The Balaban J connectivity index is 1.62. The normalized spacial score (nSPS) is 18.9. The van der Waals surface area contributed by atoms with Crippen molar-refractivity contribution in [1.29, 1.82) is 0 Å². The molecule has 9 heteroatoms. The molecule has 1 unspecified atom stereocenters. The Morgan fingerprint density at radius 2 is 1.93 bits per heavy atom. The van der Waals surface area contributed by atoms with Crippen molar-refractivity contribution in [2.24, 2.45) is 0 Å². The van der Waals surface area contributed by atoms with E-state index < -0.39 is 18.0 Å². The molecule has 0 N–H and O–H groups in total. The topological polar surface area (TPSA) is 98.2 Å². The number of carbonyl (C=O) groups is 3. The van der Waals surface area contributed by atoms with Crippen LogP contribution in [0.5, 0.6) is 5.75 Å². The van der Waals surface area contributed by atoms with Gasteiger partial charge in [-0.15, -0.1) is 0 Å². The Hall–Kier alpha value is -3.62. The number of ether oxygens (including phenoxy) is 2. The number of cyclic esters (lactones) is 1. The van der Waals surface area contributed by atoms with Gasteiger partial charge in [-0.1, -0.05) is 18.2 Å². The van der Waals surface area contributed by atoms with Gasteiger partial charge in [-0.05, 0) is 18.6 Å². The number of hydrogen-bond acceptors (Lipinski definition) is 6. The predicted octanol–water partition coefficient (Wildman–Crippen LogP) is 1.04. The summed E-state index contributed by atoms with van der Waals surface area (Å²) in [6.45, 7) is 0.306. The molecule has 1 aromatic heterocycles. The van der Waals surface area contributed by atoms with Crippen molar-refractivity contribution in [1.82, 2.24) is 14.4 Å². The van der Waals surface area contributed by atoms with Gasteiger partial charge in [0.25, 0.3) is 17.4 Å². The highest BCUT2D eigenvalue weighted by Gasteiger charge is 2.41. The van der Waals surface area contributed by atoms with Gasteiger partial charge < -0.3 is 14.4 Å². The Bertz CT molecular complexity index is 1020. The maximum atomic E-state index is 13.2. The molecule has 29 heavy (non-hydrogen) atoms. The third-order valence-electron chi connectivity index (χ3n) is 5.10. The summed E-state index contributed by atoms with van der Waals surface area (Å²) >= 11 is 0. The largest absolute Gasteiger partial charge is 0.496 e. The molecule has 1 atom stereocenters. The Morgan fingerprint density at radius 1 is 1.17 bits per heavy atom. The summed E-state index contributed by atoms with van der Waals surface area (Å²) in [5.74, 6) is -0.564. The smallest absolute Gasteiger partial charge is 0.417 e. The summed E-state index contributed by atoms with van der Waals surface area (Å²) in [6, 6.07) is 9.80. The summed E-state index contributed by atoms with van der Waals surface area (Å²) in [5, 5.41) is 0. The molecule has 0 spiro atoms. The highest BCUT2D eigenvalue weighted by Crippen LogP contribution is 2.25. The second-order valence-corrected chi connectivity index (χ2v) is 6.81. The van der Waals surface area contributed by atoms with Crippen LogP contribution in [0.3, 0.4) is 0 Å². The standard InChI is InChI=1S/C20H19N3O6/c1-28-16-9-17(24)22(13-5-3-2-4-6-13)11-15(16)19(26)21-8-7-14(10-21)23-18(25)12-29-20(23)27/h2-6,9,11,14H,7-8,10,12H2,1H3. The van der Waals surface area contributed by atoms with Crippen molar-refractivity contribution in [2.45, 2.75) is 12.5 Å². The Labute approximate surface area is 166 Å². The minimum absolute atomic E-state index is 0.173. The molecule has 150 valence electrons. The monoisotopic (exact) mass is 397 g/mol. The minimum atomic E-state index is -0.676. The van der Waals surface area contributed by atoms with Gasteiger partial charge in [0.05, 0.1) is 18.7 Å². The zero-order valence-corrected chi connectivity index (χ0v) is 15.7. The van der Waals surface area contributed by atoms with Crippen LogP contribution in [0, 0.1) is 0 Å². The molecule has 3 heterocycles. The van der Waals surface area contributed by atoms with E-state index in [0.29, 0.717) is 18.7 Å². The molecule has 2 saturated heterocycles. The molecule has 0 radical (unpaired) electrons. The fraction of sp³-hybridized carbons (Fsp3) is 0.300. The van der Waals surface area contributed by atoms with Crippen LogP contribution in [0.1, 0.15) is 16.8 Å². The second kappa shape index (κ2) is 7.42. The molecule has 0 saturated carbocycles. The summed E-state index contributed by atoms with van der Waals surface area (Å²) in [6.07, 6.45) is 1.25. The molecule has 2 aliphatic heterocycles. The molecule has 9 nitrogen and oxygen atoms in total. The number of nitrogens with zero attached hydrogens (tertiary/aromatic N) is 3. The van der Waals surface area contributed by atoms with E-state index in [1.165, 1.54) is 23.9 Å². The van der Waals surface area contributed by atoms with Crippen molar-refractivity contribution >= 4 is 17.9 Å². The number of imide groups is 1. The molecule has 1 aromatic carbocycles. The molecule has 0 aliphatic carbocycles. The van der Waals surface area contributed by atoms with E-state index in [0.717, 1.165) is 4.90 Å². The fourth-order valence-corrected chi connectivity index (χ4v) is 3.66. The van der Waals surface area contributed by atoms with Crippen LogP contribution < -0.4 is 10.3 Å². The van der Waals surface area contributed by atoms with Gasteiger partial charge in [0.2, 0.25) is 0 Å². The van der Waals surface area contributed by atoms with Crippen LogP contribution >= 0.6 is 0 Å². The third-order valence-corrected chi connectivity index (χ3v) is 5.10. The van der Waals surface area contributed by atoms with Crippen molar-refractivity contribution in [3.05, 3.63) is 58.5 Å². The first-order valence-electron chi connectivity index (χ1n) is 9.14.